The number of rotatable bonds is 7. The van der Waals surface area contributed by atoms with Crippen LogP contribution in [0, 0.1) is 0 Å². The third-order valence-electron chi connectivity index (χ3n) is 4.10. The second-order valence-corrected chi connectivity index (χ2v) is 7.04. The van der Waals surface area contributed by atoms with E-state index >= 15 is 0 Å². The van der Waals surface area contributed by atoms with Crippen molar-refractivity contribution in [3.63, 3.8) is 0 Å². The number of hydrogen-bond acceptors (Lipinski definition) is 4. The molecule has 6 nitrogen and oxygen atoms in total. The number of carbonyl (C=O) groups is 2. The van der Waals surface area contributed by atoms with Gasteiger partial charge < -0.3 is 21.3 Å². The van der Waals surface area contributed by atoms with E-state index in [9.17, 15) is 9.59 Å². The minimum Gasteiger partial charge on any atom is -0.369 e. The van der Waals surface area contributed by atoms with Crippen LogP contribution in [0.1, 0.15) is 18.4 Å². The van der Waals surface area contributed by atoms with E-state index in [-0.39, 0.29) is 24.4 Å². The number of benzene rings is 1. The maximum Gasteiger partial charge on any atom is 0.319 e. The van der Waals surface area contributed by atoms with Crippen LogP contribution in [-0.2, 0) is 11.2 Å². The first-order chi connectivity index (χ1) is 11.6. The van der Waals surface area contributed by atoms with Crippen LogP contribution in [0.3, 0.4) is 0 Å². The SMILES string of the molecule is CSCCN1CCC(NC(=O)Nc2cccc(CC(N)=O)c2)CC1. The van der Waals surface area contributed by atoms with E-state index in [1.165, 1.54) is 0 Å². The highest BCUT2D eigenvalue weighted by Crippen LogP contribution is 2.13. The van der Waals surface area contributed by atoms with Crippen molar-refractivity contribution >= 4 is 29.4 Å². The van der Waals surface area contributed by atoms with Crippen LogP contribution in [0.15, 0.2) is 24.3 Å². The molecule has 7 heteroatoms. The predicted molar refractivity (Wildman–Crippen MR) is 99.3 cm³/mol. The summed E-state index contributed by atoms with van der Waals surface area (Å²) in [5, 5.41) is 5.86. The van der Waals surface area contributed by atoms with Crippen molar-refractivity contribution in [3.8, 4) is 0 Å². The van der Waals surface area contributed by atoms with Crippen molar-refractivity contribution in [2.75, 3.05) is 37.0 Å². The first-order valence-electron chi connectivity index (χ1n) is 8.23. The Labute approximate surface area is 147 Å². The maximum absolute atomic E-state index is 12.1. The van der Waals surface area contributed by atoms with Crippen LogP contribution in [0.2, 0.25) is 0 Å². The number of urea groups is 1. The lowest BCUT2D eigenvalue weighted by Crippen LogP contribution is -2.46. The van der Waals surface area contributed by atoms with Crippen LogP contribution in [0.4, 0.5) is 10.5 Å². The van der Waals surface area contributed by atoms with Crippen LogP contribution in [0.5, 0.6) is 0 Å². The second kappa shape index (κ2) is 9.54. The van der Waals surface area contributed by atoms with Gasteiger partial charge in [-0.2, -0.15) is 11.8 Å². The van der Waals surface area contributed by atoms with Crippen molar-refractivity contribution in [3.05, 3.63) is 29.8 Å². The zero-order chi connectivity index (χ0) is 17.4. The Bertz CT molecular complexity index is 559. The minimum absolute atomic E-state index is 0.172. The molecule has 1 aliphatic rings. The van der Waals surface area contributed by atoms with Crippen molar-refractivity contribution in [2.45, 2.75) is 25.3 Å². The van der Waals surface area contributed by atoms with Crippen LogP contribution < -0.4 is 16.4 Å². The number of primary amides is 1. The highest BCUT2D eigenvalue weighted by atomic mass is 32.2. The van der Waals surface area contributed by atoms with Gasteiger partial charge in [-0.15, -0.1) is 0 Å². The average molecular weight is 350 g/mol. The summed E-state index contributed by atoms with van der Waals surface area (Å²) in [4.78, 5) is 25.6. The molecule has 1 aromatic carbocycles. The molecular weight excluding hydrogens is 324 g/mol. The largest absolute Gasteiger partial charge is 0.369 e. The molecule has 1 heterocycles. The monoisotopic (exact) mass is 350 g/mol. The third-order valence-corrected chi connectivity index (χ3v) is 4.69. The number of likely N-dealkylation sites (tertiary alicyclic amines) is 1. The normalized spacial score (nSPS) is 15.9. The van der Waals surface area contributed by atoms with Gasteiger partial charge in [0.15, 0.2) is 0 Å². The summed E-state index contributed by atoms with van der Waals surface area (Å²) >= 11 is 1.86. The summed E-state index contributed by atoms with van der Waals surface area (Å²) in [7, 11) is 0. The van der Waals surface area contributed by atoms with E-state index in [1.54, 1.807) is 18.2 Å². The summed E-state index contributed by atoms with van der Waals surface area (Å²) in [5.74, 6) is 0.769. The van der Waals surface area contributed by atoms with Crippen molar-refractivity contribution in [1.82, 2.24) is 10.2 Å². The summed E-state index contributed by atoms with van der Waals surface area (Å²) in [6, 6.07) is 7.21. The molecule has 0 atom stereocenters. The van der Waals surface area contributed by atoms with Gasteiger partial charge in [0.1, 0.15) is 0 Å². The van der Waals surface area contributed by atoms with Gasteiger partial charge in [0, 0.05) is 37.1 Å². The van der Waals surface area contributed by atoms with Crippen molar-refractivity contribution in [2.24, 2.45) is 5.73 Å². The van der Waals surface area contributed by atoms with Gasteiger partial charge in [0.25, 0.3) is 0 Å². The highest BCUT2D eigenvalue weighted by Gasteiger charge is 2.20. The van der Waals surface area contributed by atoms with E-state index in [0.29, 0.717) is 5.69 Å². The van der Waals surface area contributed by atoms with Crippen LogP contribution >= 0.6 is 11.8 Å². The molecule has 24 heavy (non-hydrogen) atoms. The molecule has 4 N–H and O–H groups in total. The lowest BCUT2D eigenvalue weighted by molar-refractivity contribution is -0.117. The Kier molecular flexibility index (Phi) is 7.39. The van der Waals surface area contributed by atoms with E-state index in [1.807, 2.05) is 17.8 Å². The molecule has 1 saturated heterocycles. The molecule has 0 aromatic heterocycles. The number of hydrogen-bond donors (Lipinski definition) is 3. The van der Waals surface area contributed by atoms with Gasteiger partial charge in [0.2, 0.25) is 5.91 Å². The summed E-state index contributed by atoms with van der Waals surface area (Å²) in [5.41, 5.74) is 6.66. The molecule has 0 bridgehead atoms. The zero-order valence-electron chi connectivity index (χ0n) is 14.1. The Morgan fingerprint density at radius 3 is 2.75 bits per heavy atom. The summed E-state index contributed by atoms with van der Waals surface area (Å²) < 4.78 is 0. The molecular formula is C17H26N4O2S. The van der Waals surface area contributed by atoms with Gasteiger partial charge in [-0.25, -0.2) is 4.79 Å². The summed E-state index contributed by atoms with van der Waals surface area (Å²) in [6.07, 6.45) is 4.25. The van der Waals surface area contributed by atoms with E-state index in [2.05, 4.69) is 21.8 Å². The van der Waals surface area contributed by atoms with Gasteiger partial charge in [-0.1, -0.05) is 12.1 Å². The molecule has 0 spiro atoms. The van der Waals surface area contributed by atoms with Crippen molar-refractivity contribution in [1.29, 1.82) is 0 Å². The molecule has 1 aliphatic heterocycles. The number of anilines is 1. The molecule has 0 unspecified atom stereocenters. The maximum atomic E-state index is 12.1. The van der Waals surface area contributed by atoms with Gasteiger partial charge >= 0.3 is 6.03 Å². The second-order valence-electron chi connectivity index (χ2n) is 6.05. The quantitative estimate of drug-likeness (QED) is 0.698. The molecule has 1 fully saturated rings. The number of nitrogens with one attached hydrogen (secondary N) is 2. The number of amides is 3. The van der Waals surface area contributed by atoms with E-state index < -0.39 is 0 Å². The fourth-order valence-corrected chi connectivity index (χ4v) is 3.27. The molecule has 132 valence electrons. The fraction of sp³-hybridized carbons (Fsp3) is 0.529. The highest BCUT2D eigenvalue weighted by molar-refractivity contribution is 7.98. The Balaban J connectivity index is 1.76. The van der Waals surface area contributed by atoms with E-state index in [0.717, 1.165) is 43.8 Å². The molecule has 1 aromatic rings. The fourth-order valence-electron chi connectivity index (χ4n) is 2.83. The number of nitrogens with zero attached hydrogens (tertiary/aromatic N) is 1. The molecule has 2 rings (SSSR count). The van der Waals surface area contributed by atoms with Gasteiger partial charge in [-0.05, 0) is 36.8 Å². The van der Waals surface area contributed by atoms with Crippen molar-refractivity contribution < 1.29 is 9.59 Å². The smallest absolute Gasteiger partial charge is 0.319 e. The third kappa shape index (κ3) is 6.41. The van der Waals surface area contributed by atoms with Gasteiger partial charge in [-0.3, -0.25) is 4.79 Å². The number of carbonyl (C=O) groups excluding carboxylic acids is 2. The lowest BCUT2D eigenvalue weighted by Gasteiger charge is -2.32. The first-order valence-corrected chi connectivity index (χ1v) is 9.62. The van der Waals surface area contributed by atoms with Crippen LogP contribution in [-0.4, -0.2) is 54.5 Å². The zero-order valence-corrected chi connectivity index (χ0v) is 14.9. The number of thioether (sulfide) groups is 1. The standard InChI is InChI=1S/C17H26N4O2S/c1-24-10-9-21-7-5-14(6-8-21)19-17(23)20-15-4-2-3-13(11-15)12-16(18)22/h2-4,11,14H,5-10,12H2,1H3,(H2,18,22)(H2,19,20,23). The number of piperidine rings is 1. The predicted octanol–water partition coefficient (Wildman–Crippen LogP) is 1.66. The number of nitrogens with two attached hydrogens (primary N) is 1. The van der Waals surface area contributed by atoms with Gasteiger partial charge in [0.05, 0.1) is 6.42 Å². The summed E-state index contributed by atoms with van der Waals surface area (Å²) in [6.45, 7) is 3.17. The Morgan fingerprint density at radius 1 is 1.33 bits per heavy atom. The van der Waals surface area contributed by atoms with Crippen LogP contribution in [0.25, 0.3) is 0 Å². The molecule has 3 amide bonds. The molecule has 0 saturated carbocycles. The average Bonchev–Trinajstić information content (AvgIpc) is 2.54. The molecule has 0 radical (unpaired) electrons. The lowest BCUT2D eigenvalue weighted by atomic mass is 10.1. The Hall–Kier alpha value is -1.73. The van der Waals surface area contributed by atoms with E-state index in [4.69, 9.17) is 5.73 Å². The minimum atomic E-state index is -0.384. The molecule has 0 aliphatic carbocycles. The Morgan fingerprint density at radius 2 is 2.08 bits per heavy atom. The topological polar surface area (TPSA) is 87.5 Å². The first kappa shape index (κ1) is 18.6.